The molecule has 2 N–H and O–H groups in total. The molecule has 1 saturated heterocycles. The fraction of sp³-hybridized carbons (Fsp3) is 0.318. The summed E-state index contributed by atoms with van der Waals surface area (Å²) in [5.41, 5.74) is 1.64. The lowest BCUT2D eigenvalue weighted by molar-refractivity contribution is -0.113. The number of benzene rings is 2. The molecule has 0 radical (unpaired) electrons. The van der Waals surface area contributed by atoms with Gasteiger partial charge in [-0.15, -0.1) is 5.10 Å². The van der Waals surface area contributed by atoms with Crippen molar-refractivity contribution >= 4 is 35.0 Å². The zero-order chi connectivity index (χ0) is 23.0. The molecular weight excluding hydrogens is 444 g/mol. The van der Waals surface area contributed by atoms with Crippen molar-refractivity contribution in [1.29, 1.82) is 0 Å². The minimum absolute atomic E-state index is 0.111. The highest BCUT2D eigenvalue weighted by molar-refractivity contribution is 7.99. The van der Waals surface area contributed by atoms with Gasteiger partial charge in [-0.2, -0.15) is 0 Å². The molecule has 3 aromatic rings. The van der Waals surface area contributed by atoms with Crippen molar-refractivity contribution in [3.63, 3.8) is 0 Å². The van der Waals surface area contributed by atoms with Gasteiger partial charge in [0, 0.05) is 17.9 Å². The van der Waals surface area contributed by atoms with Crippen LogP contribution in [0.25, 0.3) is 0 Å². The topological polar surface area (TPSA) is 120 Å². The van der Waals surface area contributed by atoms with E-state index in [-0.39, 0.29) is 23.7 Å². The highest BCUT2D eigenvalue weighted by Crippen LogP contribution is 2.24. The Hall–Kier alpha value is -3.44. The number of nitrogens with one attached hydrogen (secondary N) is 2. The Bertz CT molecular complexity index is 1100. The lowest BCUT2D eigenvalue weighted by atomic mass is 10.2. The third kappa shape index (κ3) is 6.08. The number of nitrogens with zero attached hydrogens (tertiary/aromatic N) is 4. The van der Waals surface area contributed by atoms with Crippen molar-refractivity contribution in [3.8, 4) is 5.75 Å². The van der Waals surface area contributed by atoms with E-state index in [9.17, 15) is 9.59 Å². The first kappa shape index (κ1) is 22.7. The molecule has 2 aromatic carbocycles. The van der Waals surface area contributed by atoms with Gasteiger partial charge in [0.25, 0.3) is 5.91 Å². The third-order valence-electron chi connectivity index (χ3n) is 5.02. The maximum absolute atomic E-state index is 12.5. The Morgan fingerprint density at radius 1 is 1.18 bits per heavy atom. The monoisotopic (exact) mass is 468 g/mol. The first-order valence-corrected chi connectivity index (χ1v) is 11.5. The first-order chi connectivity index (χ1) is 16.1. The lowest BCUT2D eigenvalue weighted by Crippen LogP contribution is -2.18. The van der Waals surface area contributed by atoms with Gasteiger partial charge in [-0.1, -0.05) is 23.9 Å². The Morgan fingerprint density at radius 2 is 2.00 bits per heavy atom. The van der Waals surface area contributed by atoms with E-state index in [0.717, 1.165) is 19.4 Å². The van der Waals surface area contributed by atoms with Crippen LogP contribution < -0.4 is 15.4 Å². The number of rotatable bonds is 9. The van der Waals surface area contributed by atoms with Gasteiger partial charge in [-0.05, 0) is 59.7 Å². The van der Waals surface area contributed by atoms with E-state index in [1.807, 2.05) is 12.1 Å². The Labute approximate surface area is 195 Å². The summed E-state index contributed by atoms with van der Waals surface area (Å²) < 4.78 is 12.5. The molecule has 0 unspecified atom stereocenters. The van der Waals surface area contributed by atoms with Crippen molar-refractivity contribution < 1.29 is 19.1 Å². The van der Waals surface area contributed by atoms with Crippen LogP contribution in [0.15, 0.2) is 53.7 Å². The molecule has 0 aliphatic carbocycles. The van der Waals surface area contributed by atoms with Crippen LogP contribution in [0.1, 0.15) is 23.2 Å². The van der Waals surface area contributed by atoms with Gasteiger partial charge in [-0.25, -0.2) is 4.68 Å². The van der Waals surface area contributed by atoms with Crippen LogP contribution in [-0.4, -0.2) is 57.6 Å². The van der Waals surface area contributed by atoms with Crippen LogP contribution in [0.2, 0.25) is 0 Å². The highest BCUT2D eigenvalue weighted by atomic mass is 32.2. The number of methoxy groups -OCH3 is 1. The fourth-order valence-corrected chi connectivity index (χ4v) is 4.06. The zero-order valence-corrected chi connectivity index (χ0v) is 18.9. The number of thioether (sulfide) groups is 1. The number of hydrogen-bond donors (Lipinski definition) is 2. The van der Waals surface area contributed by atoms with Gasteiger partial charge in [0.05, 0.1) is 31.2 Å². The molecule has 10 nitrogen and oxygen atoms in total. The molecule has 4 rings (SSSR count). The molecule has 33 heavy (non-hydrogen) atoms. The van der Waals surface area contributed by atoms with Crippen LogP contribution in [-0.2, 0) is 16.1 Å². The molecule has 2 heterocycles. The fourth-order valence-electron chi connectivity index (χ4n) is 3.37. The smallest absolute Gasteiger partial charge is 0.255 e. The van der Waals surface area contributed by atoms with Crippen LogP contribution in [0.4, 0.5) is 11.4 Å². The number of anilines is 2. The number of hydrogen-bond acceptors (Lipinski definition) is 8. The number of ether oxygens (including phenoxy) is 2. The number of carbonyl (C=O) groups is 2. The van der Waals surface area contributed by atoms with Gasteiger partial charge >= 0.3 is 0 Å². The van der Waals surface area contributed by atoms with Gasteiger partial charge in [0.1, 0.15) is 5.75 Å². The summed E-state index contributed by atoms with van der Waals surface area (Å²) in [5, 5.41) is 17.9. The minimum atomic E-state index is -0.272. The normalized spacial score (nSPS) is 15.2. The predicted octanol–water partition coefficient (Wildman–Crippen LogP) is 2.84. The third-order valence-corrected chi connectivity index (χ3v) is 5.98. The van der Waals surface area contributed by atoms with E-state index < -0.39 is 0 Å². The molecule has 1 aromatic heterocycles. The SMILES string of the molecule is COc1ccccc1NC(=O)c1ccc(NC(=O)CSc2nnnn2C[C@@H]2CCCO2)cc1. The molecular formula is C22H24N6O4S. The standard InChI is InChI=1S/C22H24N6O4S/c1-31-19-7-3-2-6-18(19)24-21(30)15-8-10-16(11-9-15)23-20(29)14-33-22-25-26-27-28(22)13-17-5-4-12-32-17/h2-3,6-11,17H,4-5,12-14H2,1H3,(H,23,29)(H,24,30)/t17-/m0/s1. The largest absolute Gasteiger partial charge is 0.495 e. The number of carbonyl (C=O) groups excluding carboxylic acids is 2. The van der Waals surface area contributed by atoms with Crippen molar-refractivity contribution in [3.05, 3.63) is 54.1 Å². The molecule has 2 amide bonds. The van der Waals surface area contributed by atoms with E-state index in [1.54, 1.807) is 48.2 Å². The second-order valence-electron chi connectivity index (χ2n) is 7.35. The van der Waals surface area contributed by atoms with Gasteiger partial charge in [0.2, 0.25) is 11.1 Å². The second-order valence-corrected chi connectivity index (χ2v) is 8.29. The number of para-hydroxylation sites is 2. The Morgan fingerprint density at radius 3 is 2.76 bits per heavy atom. The average molecular weight is 469 g/mol. The van der Waals surface area contributed by atoms with Crippen LogP contribution in [0.3, 0.4) is 0 Å². The molecule has 1 fully saturated rings. The molecule has 11 heteroatoms. The summed E-state index contributed by atoms with van der Waals surface area (Å²) in [6, 6.07) is 13.8. The average Bonchev–Trinajstić information content (AvgIpc) is 3.51. The summed E-state index contributed by atoms with van der Waals surface area (Å²) in [6.07, 6.45) is 2.14. The van der Waals surface area contributed by atoms with Gasteiger partial charge in [-0.3, -0.25) is 9.59 Å². The second kappa shape index (κ2) is 10.9. The molecule has 0 saturated carbocycles. The maximum Gasteiger partial charge on any atom is 0.255 e. The Balaban J connectivity index is 1.28. The van der Waals surface area contributed by atoms with Gasteiger partial charge < -0.3 is 20.1 Å². The summed E-state index contributed by atoms with van der Waals surface area (Å²) in [4.78, 5) is 24.9. The summed E-state index contributed by atoms with van der Waals surface area (Å²) >= 11 is 1.26. The zero-order valence-electron chi connectivity index (χ0n) is 18.1. The molecule has 0 spiro atoms. The quantitative estimate of drug-likeness (QED) is 0.460. The summed E-state index contributed by atoms with van der Waals surface area (Å²) in [5.74, 6) is 0.264. The Kier molecular flexibility index (Phi) is 7.53. The predicted molar refractivity (Wildman–Crippen MR) is 124 cm³/mol. The molecule has 0 bridgehead atoms. The van der Waals surface area contributed by atoms with E-state index in [4.69, 9.17) is 9.47 Å². The molecule has 172 valence electrons. The summed E-state index contributed by atoms with van der Waals surface area (Å²) in [7, 11) is 1.55. The van der Waals surface area contributed by atoms with Crippen molar-refractivity contribution in [2.45, 2.75) is 30.6 Å². The van der Waals surface area contributed by atoms with Crippen LogP contribution in [0, 0.1) is 0 Å². The van der Waals surface area contributed by atoms with Crippen LogP contribution in [0.5, 0.6) is 5.75 Å². The first-order valence-electron chi connectivity index (χ1n) is 10.5. The number of amides is 2. The van der Waals surface area contributed by atoms with Gasteiger partial charge in [0.15, 0.2) is 0 Å². The van der Waals surface area contributed by atoms with E-state index >= 15 is 0 Å². The number of aromatic nitrogens is 4. The molecule has 1 atom stereocenters. The van der Waals surface area contributed by atoms with E-state index in [0.29, 0.717) is 34.4 Å². The van der Waals surface area contributed by atoms with Crippen molar-refractivity contribution in [2.24, 2.45) is 0 Å². The molecule has 1 aliphatic rings. The van der Waals surface area contributed by atoms with E-state index in [1.165, 1.54) is 11.8 Å². The molecule has 1 aliphatic heterocycles. The summed E-state index contributed by atoms with van der Waals surface area (Å²) in [6.45, 7) is 1.34. The highest BCUT2D eigenvalue weighted by Gasteiger charge is 2.19. The van der Waals surface area contributed by atoms with Crippen molar-refractivity contribution in [1.82, 2.24) is 20.2 Å². The number of tetrazole rings is 1. The lowest BCUT2D eigenvalue weighted by Gasteiger charge is -2.11. The maximum atomic E-state index is 12.5. The van der Waals surface area contributed by atoms with Crippen molar-refractivity contribution in [2.75, 3.05) is 30.1 Å². The van der Waals surface area contributed by atoms with E-state index in [2.05, 4.69) is 26.2 Å². The minimum Gasteiger partial charge on any atom is -0.495 e. The van der Waals surface area contributed by atoms with Crippen LogP contribution >= 0.6 is 11.8 Å².